The van der Waals surface area contributed by atoms with E-state index in [-0.39, 0.29) is 29.9 Å². The van der Waals surface area contributed by atoms with E-state index in [1.54, 1.807) is 17.6 Å². The summed E-state index contributed by atoms with van der Waals surface area (Å²) in [4.78, 5) is 22.0. The predicted octanol–water partition coefficient (Wildman–Crippen LogP) is 3.45. The molecule has 2 aromatic heterocycles. The molecule has 0 unspecified atom stereocenters. The first-order chi connectivity index (χ1) is 12.6. The van der Waals surface area contributed by atoms with Crippen molar-refractivity contribution >= 4 is 47.2 Å². The molecular weight excluding hydrogens is 475 g/mol. The minimum atomic E-state index is 0. The maximum Gasteiger partial charge on any atom is 0.242 e. The zero-order valence-electron chi connectivity index (χ0n) is 16.2. The standard InChI is InChI=1S/C19H28N4O2S.HI/c1-4-23(5-2)18(24)15-22(3)19(21-14-17-9-7-13-26-17)20-11-10-16-8-6-12-25-16;/h6-9,12-13H,4-5,10-11,14-15H2,1-3H3,(H,20,21);1H. The van der Waals surface area contributed by atoms with Gasteiger partial charge in [0.1, 0.15) is 5.76 Å². The summed E-state index contributed by atoms with van der Waals surface area (Å²) in [5, 5.41) is 5.39. The largest absolute Gasteiger partial charge is 0.469 e. The second-order valence-corrected chi connectivity index (χ2v) is 6.93. The summed E-state index contributed by atoms with van der Waals surface area (Å²) in [6.45, 7) is 7.03. The number of nitrogens with one attached hydrogen (secondary N) is 1. The Bertz CT molecular complexity index is 670. The molecule has 0 spiro atoms. The summed E-state index contributed by atoms with van der Waals surface area (Å²) >= 11 is 1.68. The molecule has 8 heteroatoms. The van der Waals surface area contributed by atoms with Crippen LogP contribution in [0.1, 0.15) is 24.5 Å². The Hall–Kier alpha value is -1.55. The summed E-state index contributed by atoms with van der Waals surface area (Å²) in [5.74, 6) is 1.76. The molecule has 27 heavy (non-hydrogen) atoms. The SMILES string of the molecule is CCN(CC)C(=O)CN(C)C(=NCc1cccs1)NCCc1ccco1.I. The monoisotopic (exact) mass is 504 g/mol. The van der Waals surface area contributed by atoms with Gasteiger partial charge in [0.05, 0.1) is 19.4 Å². The molecule has 0 aliphatic heterocycles. The summed E-state index contributed by atoms with van der Waals surface area (Å²) in [6, 6.07) is 7.93. The van der Waals surface area contributed by atoms with Gasteiger partial charge in [-0.2, -0.15) is 0 Å². The Balaban J connectivity index is 0.00000364. The van der Waals surface area contributed by atoms with Gasteiger partial charge >= 0.3 is 0 Å². The van der Waals surface area contributed by atoms with Crippen LogP contribution in [0.4, 0.5) is 0 Å². The number of thiophene rings is 1. The molecule has 0 atom stereocenters. The lowest BCUT2D eigenvalue weighted by Crippen LogP contribution is -2.46. The molecule has 0 aliphatic carbocycles. The highest BCUT2D eigenvalue weighted by Gasteiger charge is 2.15. The van der Waals surface area contributed by atoms with Gasteiger partial charge in [0.25, 0.3) is 0 Å². The fraction of sp³-hybridized carbons (Fsp3) is 0.474. The number of furan rings is 1. The van der Waals surface area contributed by atoms with Crippen LogP contribution in [-0.4, -0.2) is 54.9 Å². The maximum atomic E-state index is 12.4. The molecule has 150 valence electrons. The van der Waals surface area contributed by atoms with E-state index in [1.807, 2.05) is 54.3 Å². The normalized spacial score (nSPS) is 11.0. The molecule has 0 aromatic carbocycles. The number of nitrogens with zero attached hydrogens (tertiary/aromatic N) is 3. The van der Waals surface area contributed by atoms with E-state index < -0.39 is 0 Å². The minimum Gasteiger partial charge on any atom is -0.469 e. The van der Waals surface area contributed by atoms with Gasteiger partial charge in [0.15, 0.2) is 5.96 Å². The fourth-order valence-corrected chi connectivity index (χ4v) is 3.20. The highest BCUT2D eigenvalue weighted by Crippen LogP contribution is 2.10. The van der Waals surface area contributed by atoms with E-state index in [0.29, 0.717) is 19.6 Å². The summed E-state index contributed by atoms with van der Waals surface area (Å²) in [5.41, 5.74) is 0. The molecule has 0 saturated carbocycles. The number of rotatable bonds is 9. The van der Waals surface area contributed by atoms with Crippen molar-refractivity contribution in [1.82, 2.24) is 15.1 Å². The molecular formula is C19H29IN4O2S. The van der Waals surface area contributed by atoms with Crippen LogP contribution >= 0.6 is 35.3 Å². The van der Waals surface area contributed by atoms with E-state index in [0.717, 1.165) is 31.2 Å². The topological polar surface area (TPSA) is 61.1 Å². The average Bonchev–Trinajstić information content (AvgIpc) is 3.32. The molecule has 1 N–H and O–H groups in total. The minimum absolute atomic E-state index is 0. The van der Waals surface area contributed by atoms with Crippen molar-refractivity contribution in [3.63, 3.8) is 0 Å². The van der Waals surface area contributed by atoms with E-state index in [9.17, 15) is 4.79 Å². The smallest absolute Gasteiger partial charge is 0.242 e. The Labute approximate surface area is 182 Å². The number of likely N-dealkylation sites (N-methyl/N-ethyl adjacent to an activating group) is 2. The lowest BCUT2D eigenvalue weighted by atomic mass is 10.3. The van der Waals surface area contributed by atoms with Crippen LogP contribution in [0.15, 0.2) is 45.3 Å². The van der Waals surface area contributed by atoms with Crippen molar-refractivity contribution in [2.75, 3.05) is 33.2 Å². The number of halogens is 1. The van der Waals surface area contributed by atoms with Gasteiger partial charge in [-0.1, -0.05) is 6.07 Å². The lowest BCUT2D eigenvalue weighted by Gasteiger charge is -2.25. The van der Waals surface area contributed by atoms with Gasteiger partial charge < -0.3 is 19.5 Å². The van der Waals surface area contributed by atoms with Gasteiger partial charge in [0.2, 0.25) is 5.91 Å². The van der Waals surface area contributed by atoms with Crippen molar-refractivity contribution in [3.8, 4) is 0 Å². The second-order valence-electron chi connectivity index (χ2n) is 5.90. The first-order valence-electron chi connectivity index (χ1n) is 8.96. The Morgan fingerprint density at radius 2 is 2.04 bits per heavy atom. The predicted molar refractivity (Wildman–Crippen MR) is 122 cm³/mol. The summed E-state index contributed by atoms with van der Waals surface area (Å²) < 4.78 is 5.37. The Morgan fingerprint density at radius 3 is 2.63 bits per heavy atom. The highest BCUT2D eigenvalue weighted by molar-refractivity contribution is 14.0. The number of guanidine groups is 1. The maximum absolute atomic E-state index is 12.4. The van der Waals surface area contributed by atoms with Crippen LogP contribution < -0.4 is 5.32 Å². The molecule has 0 bridgehead atoms. The molecule has 1 amide bonds. The van der Waals surface area contributed by atoms with Gasteiger partial charge in [-0.15, -0.1) is 35.3 Å². The number of carbonyl (C=O) groups excluding carboxylic acids is 1. The number of hydrogen-bond acceptors (Lipinski definition) is 4. The van der Waals surface area contributed by atoms with Crippen molar-refractivity contribution in [1.29, 1.82) is 0 Å². The van der Waals surface area contributed by atoms with E-state index in [4.69, 9.17) is 4.42 Å². The van der Waals surface area contributed by atoms with Gasteiger partial charge in [-0.25, -0.2) is 4.99 Å². The molecule has 2 aromatic rings. The summed E-state index contributed by atoms with van der Waals surface area (Å²) in [7, 11) is 1.90. The van der Waals surface area contributed by atoms with Crippen LogP contribution in [0.5, 0.6) is 0 Å². The highest BCUT2D eigenvalue weighted by atomic mass is 127. The van der Waals surface area contributed by atoms with Gasteiger partial charge in [0, 0.05) is 38.0 Å². The molecule has 6 nitrogen and oxygen atoms in total. The third-order valence-electron chi connectivity index (χ3n) is 4.05. The molecule has 2 heterocycles. The van der Waals surface area contributed by atoms with Crippen molar-refractivity contribution < 1.29 is 9.21 Å². The first-order valence-corrected chi connectivity index (χ1v) is 9.84. The molecule has 0 saturated heterocycles. The Kier molecular flexibility index (Phi) is 11.1. The van der Waals surface area contributed by atoms with Gasteiger partial charge in [-0.05, 0) is 37.4 Å². The van der Waals surface area contributed by atoms with Crippen molar-refractivity contribution in [3.05, 3.63) is 46.5 Å². The molecule has 0 fully saturated rings. The fourth-order valence-electron chi connectivity index (χ4n) is 2.57. The average molecular weight is 504 g/mol. The molecule has 0 radical (unpaired) electrons. The lowest BCUT2D eigenvalue weighted by molar-refractivity contribution is -0.131. The van der Waals surface area contributed by atoms with E-state index in [1.165, 1.54) is 4.88 Å². The zero-order chi connectivity index (χ0) is 18.8. The number of carbonyl (C=O) groups is 1. The quantitative estimate of drug-likeness (QED) is 0.323. The van der Waals surface area contributed by atoms with E-state index >= 15 is 0 Å². The molecule has 0 aliphatic rings. The third-order valence-corrected chi connectivity index (χ3v) is 4.91. The van der Waals surface area contributed by atoms with Crippen LogP contribution in [0.25, 0.3) is 0 Å². The van der Waals surface area contributed by atoms with Crippen LogP contribution in [0.3, 0.4) is 0 Å². The number of amides is 1. The van der Waals surface area contributed by atoms with Crippen LogP contribution in [0, 0.1) is 0 Å². The second kappa shape index (κ2) is 12.8. The van der Waals surface area contributed by atoms with Gasteiger partial charge in [-0.3, -0.25) is 4.79 Å². The number of aliphatic imine (C=N–C) groups is 1. The summed E-state index contributed by atoms with van der Waals surface area (Å²) in [6.07, 6.45) is 2.44. The van der Waals surface area contributed by atoms with Crippen LogP contribution in [-0.2, 0) is 17.8 Å². The van der Waals surface area contributed by atoms with Crippen molar-refractivity contribution in [2.24, 2.45) is 4.99 Å². The van der Waals surface area contributed by atoms with E-state index in [2.05, 4.69) is 16.4 Å². The van der Waals surface area contributed by atoms with Crippen LogP contribution in [0.2, 0.25) is 0 Å². The molecule has 2 rings (SSSR count). The zero-order valence-corrected chi connectivity index (χ0v) is 19.3. The number of hydrogen-bond donors (Lipinski definition) is 1. The van der Waals surface area contributed by atoms with Crippen molar-refractivity contribution in [2.45, 2.75) is 26.8 Å². The Morgan fingerprint density at radius 1 is 1.26 bits per heavy atom. The third kappa shape index (κ3) is 7.92. The first kappa shape index (κ1) is 23.5.